The quantitative estimate of drug-likeness (QED) is 0.633. The van der Waals surface area contributed by atoms with E-state index in [0.29, 0.717) is 6.54 Å². The first-order valence-electron chi connectivity index (χ1n) is 6.66. The first-order chi connectivity index (χ1) is 10.7. The smallest absolute Gasteiger partial charge is 0.138 e. The Morgan fingerprint density at radius 2 is 2.09 bits per heavy atom. The van der Waals surface area contributed by atoms with Crippen molar-refractivity contribution in [2.75, 3.05) is 19.5 Å². The van der Waals surface area contributed by atoms with E-state index >= 15 is 0 Å². The maximum absolute atomic E-state index is 5.41. The zero-order valence-corrected chi connectivity index (χ0v) is 14.3. The standard InChI is InChI=1S/C15H15IN4O2/c1-21-10-4-3-9(12(7-10)22-2)8-18-15-13-11(5-6-17-15)19-20-14(13)16/h3-7H,8H2,1-2H3,(H,17,18)(H,19,20). The molecule has 0 radical (unpaired) electrons. The van der Waals surface area contributed by atoms with Crippen LogP contribution in [0.15, 0.2) is 30.5 Å². The van der Waals surface area contributed by atoms with Crippen LogP contribution in [0.3, 0.4) is 0 Å². The van der Waals surface area contributed by atoms with Gasteiger partial charge in [-0.15, -0.1) is 0 Å². The lowest BCUT2D eigenvalue weighted by atomic mass is 10.2. The molecule has 2 N–H and O–H groups in total. The van der Waals surface area contributed by atoms with Crippen molar-refractivity contribution in [3.8, 4) is 11.5 Å². The van der Waals surface area contributed by atoms with Crippen LogP contribution in [0.25, 0.3) is 10.9 Å². The molecule has 0 amide bonds. The van der Waals surface area contributed by atoms with Gasteiger partial charge in [0.25, 0.3) is 0 Å². The SMILES string of the molecule is COc1ccc(CNc2nccc3n[nH]c(I)c23)c(OC)c1. The summed E-state index contributed by atoms with van der Waals surface area (Å²) in [7, 11) is 3.29. The van der Waals surface area contributed by atoms with Crippen LogP contribution in [-0.2, 0) is 6.54 Å². The average Bonchev–Trinajstić information content (AvgIpc) is 2.94. The second-order valence-electron chi connectivity index (χ2n) is 4.62. The zero-order valence-electron chi connectivity index (χ0n) is 12.2. The Bertz CT molecular complexity index is 803. The van der Waals surface area contributed by atoms with Gasteiger partial charge in [0.15, 0.2) is 0 Å². The fourth-order valence-corrected chi connectivity index (χ4v) is 2.89. The van der Waals surface area contributed by atoms with Gasteiger partial charge in [-0.3, -0.25) is 5.10 Å². The molecule has 0 aliphatic carbocycles. The van der Waals surface area contributed by atoms with Crippen molar-refractivity contribution in [1.82, 2.24) is 15.2 Å². The highest BCUT2D eigenvalue weighted by atomic mass is 127. The fraction of sp³-hybridized carbons (Fsp3) is 0.200. The highest BCUT2D eigenvalue weighted by molar-refractivity contribution is 14.1. The van der Waals surface area contributed by atoms with Gasteiger partial charge in [-0.25, -0.2) is 4.98 Å². The number of nitrogens with zero attached hydrogens (tertiary/aromatic N) is 2. The van der Waals surface area contributed by atoms with Gasteiger partial charge in [-0.05, 0) is 40.8 Å². The van der Waals surface area contributed by atoms with Crippen molar-refractivity contribution in [3.05, 3.63) is 39.7 Å². The Morgan fingerprint density at radius 3 is 2.86 bits per heavy atom. The minimum absolute atomic E-state index is 0.598. The lowest BCUT2D eigenvalue weighted by molar-refractivity contribution is 0.391. The summed E-state index contributed by atoms with van der Waals surface area (Å²) in [6.07, 6.45) is 1.74. The highest BCUT2D eigenvalue weighted by Gasteiger charge is 2.10. The molecule has 0 saturated heterocycles. The Hall–Kier alpha value is -2.03. The van der Waals surface area contributed by atoms with Crippen LogP contribution in [0.4, 0.5) is 5.82 Å². The molecule has 0 atom stereocenters. The van der Waals surface area contributed by atoms with Crippen LogP contribution >= 0.6 is 22.6 Å². The number of ether oxygens (including phenoxy) is 2. The number of H-pyrrole nitrogens is 1. The Balaban J connectivity index is 1.87. The second-order valence-corrected chi connectivity index (χ2v) is 5.70. The molecular weight excluding hydrogens is 395 g/mol. The van der Waals surface area contributed by atoms with Crippen molar-refractivity contribution < 1.29 is 9.47 Å². The number of aromatic amines is 1. The first-order valence-corrected chi connectivity index (χ1v) is 7.74. The number of anilines is 1. The van der Waals surface area contributed by atoms with Crippen LogP contribution in [0.1, 0.15) is 5.56 Å². The van der Waals surface area contributed by atoms with Crippen LogP contribution in [0.2, 0.25) is 0 Å². The number of rotatable bonds is 5. The average molecular weight is 410 g/mol. The van der Waals surface area contributed by atoms with Crippen LogP contribution in [0.5, 0.6) is 11.5 Å². The predicted molar refractivity (Wildman–Crippen MR) is 93.5 cm³/mol. The van der Waals surface area contributed by atoms with Gasteiger partial charge < -0.3 is 14.8 Å². The number of methoxy groups -OCH3 is 2. The van der Waals surface area contributed by atoms with E-state index in [9.17, 15) is 0 Å². The van der Waals surface area contributed by atoms with E-state index < -0.39 is 0 Å². The molecule has 0 bridgehead atoms. The van der Waals surface area contributed by atoms with E-state index in [1.54, 1.807) is 20.4 Å². The second kappa shape index (κ2) is 6.39. The van der Waals surface area contributed by atoms with E-state index in [-0.39, 0.29) is 0 Å². The molecule has 6 nitrogen and oxygen atoms in total. The minimum Gasteiger partial charge on any atom is -0.497 e. The molecule has 0 aliphatic rings. The van der Waals surface area contributed by atoms with Crippen molar-refractivity contribution in [2.45, 2.75) is 6.54 Å². The van der Waals surface area contributed by atoms with Gasteiger partial charge in [-0.1, -0.05) is 0 Å². The molecule has 0 unspecified atom stereocenters. The number of halogens is 1. The number of fused-ring (bicyclic) bond motifs is 1. The maximum atomic E-state index is 5.41. The highest BCUT2D eigenvalue weighted by Crippen LogP contribution is 2.27. The molecule has 22 heavy (non-hydrogen) atoms. The van der Waals surface area contributed by atoms with Crippen LogP contribution in [0, 0.1) is 3.70 Å². The normalized spacial score (nSPS) is 10.7. The fourth-order valence-electron chi connectivity index (χ4n) is 2.24. The molecule has 0 saturated carbocycles. The summed E-state index contributed by atoms with van der Waals surface area (Å²) in [4.78, 5) is 4.40. The Morgan fingerprint density at radius 1 is 1.23 bits per heavy atom. The van der Waals surface area contributed by atoms with Gasteiger partial charge in [0, 0.05) is 24.4 Å². The summed E-state index contributed by atoms with van der Waals surface area (Å²) in [6, 6.07) is 7.64. The van der Waals surface area contributed by atoms with Gasteiger partial charge in [0.2, 0.25) is 0 Å². The Kier molecular flexibility index (Phi) is 4.32. The Labute approximate surface area is 141 Å². The van der Waals surface area contributed by atoms with E-state index in [4.69, 9.17) is 9.47 Å². The number of pyridine rings is 1. The van der Waals surface area contributed by atoms with E-state index in [2.05, 4.69) is 43.1 Å². The number of aromatic nitrogens is 3. The van der Waals surface area contributed by atoms with Crippen LogP contribution < -0.4 is 14.8 Å². The molecule has 114 valence electrons. The summed E-state index contributed by atoms with van der Waals surface area (Å²) in [5.41, 5.74) is 1.92. The van der Waals surface area contributed by atoms with Crippen molar-refractivity contribution in [2.24, 2.45) is 0 Å². The predicted octanol–water partition coefficient (Wildman–Crippen LogP) is 3.19. The molecule has 2 heterocycles. The van der Waals surface area contributed by atoms with Crippen LogP contribution in [-0.4, -0.2) is 29.4 Å². The van der Waals surface area contributed by atoms with Crippen molar-refractivity contribution >= 4 is 39.3 Å². The van der Waals surface area contributed by atoms with Gasteiger partial charge in [0.1, 0.15) is 21.0 Å². The van der Waals surface area contributed by atoms with Gasteiger partial charge in [0.05, 0.1) is 25.1 Å². The van der Waals surface area contributed by atoms with Crippen molar-refractivity contribution in [3.63, 3.8) is 0 Å². The van der Waals surface area contributed by atoms with E-state index in [1.165, 1.54) is 0 Å². The minimum atomic E-state index is 0.598. The third kappa shape index (κ3) is 2.80. The molecule has 3 rings (SSSR count). The van der Waals surface area contributed by atoms with Crippen molar-refractivity contribution in [1.29, 1.82) is 0 Å². The first kappa shape index (κ1) is 14.9. The summed E-state index contributed by atoms with van der Waals surface area (Å²) in [6.45, 7) is 0.598. The lowest BCUT2D eigenvalue weighted by Crippen LogP contribution is -2.04. The topological polar surface area (TPSA) is 72.1 Å². The lowest BCUT2D eigenvalue weighted by Gasteiger charge is -2.12. The maximum Gasteiger partial charge on any atom is 0.138 e. The number of hydrogen-bond donors (Lipinski definition) is 2. The third-order valence-corrected chi connectivity index (χ3v) is 4.14. The largest absolute Gasteiger partial charge is 0.497 e. The summed E-state index contributed by atoms with van der Waals surface area (Å²) < 4.78 is 11.6. The summed E-state index contributed by atoms with van der Waals surface area (Å²) in [5.74, 6) is 2.35. The molecule has 2 aromatic heterocycles. The molecule has 0 aliphatic heterocycles. The summed E-state index contributed by atoms with van der Waals surface area (Å²) in [5, 5.41) is 11.5. The third-order valence-electron chi connectivity index (χ3n) is 3.36. The van der Waals surface area contributed by atoms with E-state index in [0.717, 1.165) is 37.5 Å². The number of hydrogen-bond acceptors (Lipinski definition) is 5. The number of nitrogens with one attached hydrogen (secondary N) is 2. The molecule has 1 aromatic carbocycles. The molecule has 3 aromatic rings. The monoisotopic (exact) mass is 410 g/mol. The van der Waals surface area contributed by atoms with Gasteiger partial charge >= 0.3 is 0 Å². The molecule has 0 spiro atoms. The molecule has 0 fully saturated rings. The van der Waals surface area contributed by atoms with E-state index in [1.807, 2.05) is 24.3 Å². The summed E-state index contributed by atoms with van der Waals surface area (Å²) >= 11 is 2.22. The zero-order chi connectivity index (χ0) is 15.5. The number of benzene rings is 1. The molecular formula is C15H15IN4O2. The molecule has 7 heteroatoms. The van der Waals surface area contributed by atoms with Gasteiger partial charge in [-0.2, -0.15) is 5.10 Å².